The van der Waals surface area contributed by atoms with Gasteiger partial charge in [-0.3, -0.25) is 4.79 Å². The maximum Gasteiger partial charge on any atom is 0.273 e. The van der Waals surface area contributed by atoms with Crippen molar-refractivity contribution in [2.75, 3.05) is 5.73 Å². The standard InChI is InChI=1S/C11H18N2O/c1-5-13-9(11(2,3)4)7-6-8(12)10(13)14/h6-7H,5,12H2,1-4H3. The Labute approximate surface area is 84.6 Å². The largest absolute Gasteiger partial charge is 0.394 e. The van der Waals surface area contributed by atoms with E-state index in [1.807, 2.05) is 13.0 Å². The predicted molar refractivity (Wildman–Crippen MR) is 59.5 cm³/mol. The van der Waals surface area contributed by atoms with Gasteiger partial charge in [0.25, 0.3) is 5.56 Å². The number of hydrogen-bond acceptors (Lipinski definition) is 2. The highest BCUT2D eigenvalue weighted by atomic mass is 16.1. The van der Waals surface area contributed by atoms with Gasteiger partial charge in [-0.1, -0.05) is 20.8 Å². The number of aromatic nitrogens is 1. The normalized spacial score (nSPS) is 11.7. The van der Waals surface area contributed by atoms with Crippen LogP contribution in [0.1, 0.15) is 33.4 Å². The minimum atomic E-state index is -0.0834. The first kappa shape index (κ1) is 10.8. The third-order valence-electron chi connectivity index (χ3n) is 2.29. The highest BCUT2D eigenvalue weighted by Gasteiger charge is 2.18. The van der Waals surface area contributed by atoms with E-state index in [-0.39, 0.29) is 11.0 Å². The Balaban J connectivity index is 3.47. The van der Waals surface area contributed by atoms with Crippen molar-refractivity contribution in [3.63, 3.8) is 0 Å². The van der Waals surface area contributed by atoms with E-state index in [2.05, 4.69) is 20.8 Å². The van der Waals surface area contributed by atoms with Gasteiger partial charge in [-0.2, -0.15) is 0 Å². The number of rotatable bonds is 1. The summed E-state index contributed by atoms with van der Waals surface area (Å²) in [5.74, 6) is 0. The van der Waals surface area contributed by atoms with Gasteiger partial charge in [0.15, 0.2) is 0 Å². The van der Waals surface area contributed by atoms with Crippen molar-refractivity contribution in [3.8, 4) is 0 Å². The number of nitrogens with zero attached hydrogens (tertiary/aromatic N) is 1. The molecule has 0 aromatic carbocycles. The molecule has 0 bridgehead atoms. The average Bonchev–Trinajstić information content (AvgIpc) is 2.07. The Morgan fingerprint density at radius 1 is 1.36 bits per heavy atom. The summed E-state index contributed by atoms with van der Waals surface area (Å²) < 4.78 is 1.73. The first-order chi connectivity index (χ1) is 6.38. The van der Waals surface area contributed by atoms with Gasteiger partial charge >= 0.3 is 0 Å². The third-order valence-corrected chi connectivity index (χ3v) is 2.29. The van der Waals surface area contributed by atoms with Gasteiger partial charge in [0.2, 0.25) is 0 Å². The van der Waals surface area contributed by atoms with E-state index in [9.17, 15) is 4.79 Å². The first-order valence-electron chi connectivity index (χ1n) is 4.87. The van der Waals surface area contributed by atoms with Crippen molar-refractivity contribution in [1.29, 1.82) is 0 Å². The van der Waals surface area contributed by atoms with E-state index in [4.69, 9.17) is 5.73 Å². The second-order valence-electron chi connectivity index (χ2n) is 4.47. The maximum absolute atomic E-state index is 11.7. The van der Waals surface area contributed by atoms with E-state index in [0.29, 0.717) is 12.2 Å². The van der Waals surface area contributed by atoms with Crippen molar-refractivity contribution >= 4 is 5.69 Å². The van der Waals surface area contributed by atoms with Crippen LogP contribution in [0, 0.1) is 0 Å². The third kappa shape index (κ3) is 1.81. The van der Waals surface area contributed by atoms with Crippen molar-refractivity contribution < 1.29 is 0 Å². The molecule has 14 heavy (non-hydrogen) atoms. The van der Waals surface area contributed by atoms with E-state index in [1.165, 1.54) is 0 Å². The predicted octanol–water partition coefficient (Wildman–Crippen LogP) is 1.75. The molecule has 0 fully saturated rings. The SMILES string of the molecule is CCn1c(C(C)(C)C)ccc(N)c1=O. The highest BCUT2D eigenvalue weighted by Crippen LogP contribution is 2.21. The van der Waals surface area contributed by atoms with Crippen LogP contribution >= 0.6 is 0 Å². The van der Waals surface area contributed by atoms with Crippen LogP contribution in [-0.2, 0) is 12.0 Å². The fourth-order valence-corrected chi connectivity index (χ4v) is 1.56. The van der Waals surface area contributed by atoms with Crippen LogP contribution in [0.3, 0.4) is 0 Å². The molecule has 2 N–H and O–H groups in total. The Morgan fingerprint density at radius 3 is 2.36 bits per heavy atom. The second kappa shape index (κ2) is 3.48. The molecule has 0 amide bonds. The topological polar surface area (TPSA) is 48.0 Å². The number of pyridine rings is 1. The van der Waals surface area contributed by atoms with E-state index in [1.54, 1.807) is 10.6 Å². The lowest BCUT2D eigenvalue weighted by Gasteiger charge is -2.23. The zero-order chi connectivity index (χ0) is 10.9. The molecule has 0 aliphatic carbocycles. The second-order valence-corrected chi connectivity index (χ2v) is 4.47. The zero-order valence-corrected chi connectivity index (χ0v) is 9.29. The Hall–Kier alpha value is -1.25. The molecular formula is C11H18N2O. The van der Waals surface area contributed by atoms with Gasteiger partial charge < -0.3 is 10.3 Å². The molecule has 0 atom stereocenters. The van der Waals surface area contributed by atoms with Gasteiger partial charge in [0.05, 0.1) is 5.69 Å². The zero-order valence-electron chi connectivity index (χ0n) is 9.29. The summed E-state index contributed by atoms with van der Waals surface area (Å²) >= 11 is 0. The van der Waals surface area contributed by atoms with Crippen LogP contribution in [0.2, 0.25) is 0 Å². The molecule has 1 heterocycles. The lowest BCUT2D eigenvalue weighted by molar-refractivity contribution is 0.512. The summed E-state index contributed by atoms with van der Waals surface area (Å²) in [5.41, 5.74) is 6.81. The van der Waals surface area contributed by atoms with E-state index in [0.717, 1.165) is 5.69 Å². The molecule has 1 aromatic heterocycles. The van der Waals surface area contributed by atoms with Gasteiger partial charge in [0.1, 0.15) is 0 Å². The maximum atomic E-state index is 11.7. The lowest BCUT2D eigenvalue weighted by atomic mass is 9.91. The van der Waals surface area contributed by atoms with Gasteiger partial charge in [-0.15, -0.1) is 0 Å². The smallest absolute Gasteiger partial charge is 0.273 e. The summed E-state index contributed by atoms with van der Waals surface area (Å²) in [4.78, 5) is 11.7. The van der Waals surface area contributed by atoms with Crippen LogP contribution in [0.25, 0.3) is 0 Å². The molecule has 1 rings (SSSR count). The molecule has 0 radical (unpaired) electrons. The molecule has 0 spiro atoms. The fraction of sp³-hybridized carbons (Fsp3) is 0.545. The monoisotopic (exact) mass is 194 g/mol. The lowest BCUT2D eigenvalue weighted by Crippen LogP contribution is -2.30. The molecule has 0 aliphatic rings. The first-order valence-corrected chi connectivity index (χ1v) is 4.87. The minimum Gasteiger partial charge on any atom is -0.394 e. The van der Waals surface area contributed by atoms with Gasteiger partial charge in [-0.25, -0.2) is 0 Å². The molecule has 0 saturated heterocycles. The molecule has 0 saturated carbocycles. The Bertz CT molecular complexity index is 385. The van der Waals surface area contributed by atoms with Gasteiger partial charge in [-0.05, 0) is 19.1 Å². The van der Waals surface area contributed by atoms with Crippen LogP contribution in [0.15, 0.2) is 16.9 Å². The van der Waals surface area contributed by atoms with Crippen molar-refractivity contribution in [2.24, 2.45) is 0 Å². The summed E-state index contributed by atoms with van der Waals surface area (Å²) in [5, 5.41) is 0. The molecule has 78 valence electrons. The minimum absolute atomic E-state index is 0.0249. The summed E-state index contributed by atoms with van der Waals surface area (Å²) in [6.45, 7) is 8.88. The van der Waals surface area contributed by atoms with Crippen LogP contribution in [0.5, 0.6) is 0 Å². The number of anilines is 1. The van der Waals surface area contributed by atoms with Crippen LogP contribution in [-0.4, -0.2) is 4.57 Å². The molecule has 3 heteroatoms. The van der Waals surface area contributed by atoms with E-state index >= 15 is 0 Å². The molecule has 0 aliphatic heterocycles. The fourth-order valence-electron chi connectivity index (χ4n) is 1.56. The summed E-state index contributed by atoms with van der Waals surface area (Å²) in [6.07, 6.45) is 0. The van der Waals surface area contributed by atoms with Crippen LogP contribution in [0.4, 0.5) is 5.69 Å². The summed E-state index contributed by atoms with van der Waals surface area (Å²) in [7, 11) is 0. The van der Waals surface area contributed by atoms with Gasteiger partial charge in [0, 0.05) is 17.7 Å². The quantitative estimate of drug-likeness (QED) is 0.740. The van der Waals surface area contributed by atoms with Crippen molar-refractivity contribution in [2.45, 2.75) is 39.7 Å². The average molecular weight is 194 g/mol. The number of nitrogen functional groups attached to an aromatic ring is 1. The molecule has 0 unspecified atom stereocenters. The molecular weight excluding hydrogens is 176 g/mol. The van der Waals surface area contributed by atoms with E-state index < -0.39 is 0 Å². The molecule has 3 nitrogen and oxygen atoms in total. The molecule has 1 aromatic rings. The number of nitrogens with two attached hydrogens (primary N) is 1. The summed E-state index contributed by atoms with van der Waals surface area (Å²) in [6, 6.07) is 3.62. The van der Waals surface area contributed by atoms with Crippen molar-refractivity contribution in [1.82, 2.24) is 4.57 Å². The highest BCUT2D eigenvalue weighted by molar-refractivity contribution is 5.37. The van der Waals surface area contributed by atoms with Crippen LogP contribution < -0.4 is 11.3 Å². The van der Waals surface area contributed by atoms with Crippen molar-refractivity contribution in [3.05, 3.63) is 28.2 Å². The Kier molecular flexibility index (Phi) is 2.69. The number of hydrogen-bond donors (Lipinski definition) is 1. The Morgan fingerprint density at radius 2 is 1.93 bits per heavy atom.